The highest BCUT2D eigenvalue weighted by molar-refractivity contribution is 5.98. The van der Waals surface area contributed by atoms with Gasteiger partial charge in [0.15, 0.2) is 11.6 Å². The zero-order valence-electron chi connectivity index (χ0n) is 29.8. The fourth-order valence-electron chi connectivity index (χ4n) is 7.54. The van der Waals surface area contributed by atoms with Crippen LogP contribution >= 0.6 is 0 Å². The molecule has 10 nitrogen and oxygen atoms in total. The van der Waals surface area contributed by atoms with Crippen LogP contribution in [0, 0.1) is 40.9 Å². The van der Waals surface area contributed by atoms with E-state index >= 15 is 0 Å². The molecule has 3 amide bonds. The lowest BCUT2D eigenvalue weighted by atomic mass is 9.75. The van der Waals surface area contributed by atoms with Gasteiger partial charge in [-0.1, -0.05) is 68.7 Å². The molecule has 1 saturated carbocycles. The van der Waals surface area contributed by atoms with Crippen LogP contribution in [0.5, 0.6) is 0 Å². The molecule has 0 radical (unpaired) electrons. The quantitative estimate of drug-likeness (QED) is 0.309. The molecular weight excluding hydrogens is 584 g/mol. The van der Waals surface area contributed by atoms with Crippen molar-refractivity contribution >= 4 is 35.1 Å². The van der Waals surface area contributed by atoms with Crippen LogP contribution in [-0.4, -0.2) is 82.1 Å². The van der Waals surface area contributed by atoms with Crippen molar-refractivity contribution in [2.24, 2.45) is 46.7 Å². The molecule has 2 saturated heterocycles. The molecule has 0 aromatic carbocycles. The van der Waals surface area contributed by atoms with Crippen molar-refractivity contribution in [3.8, 4) is 0 Å². The van der Waals surface area contributed by atoms with E-state index in [-0.39, 0.29) is 65.2 Å². The molecular formula is C36H60N4O6. The summed E-state index contributed by atoms with van der Waals surface area (Å²) in [5, 5.41) is 2.99. The van der Waals surface area contributed by atoms with Crippen molar-refractivity contribution in [3.05, 3.63) is 0 Å². The molecule has 3 N–H and O–H groups in total. The Hall–Kier alpha value is -2.62. The average Bonchev–Trinajstić information content (AvgIpc) is 3.76. The Kier molecular flexibility index (Phi) is 12.8. The number of nitrogens with one attached hydrogen (secondary N) is 1. The van der Waals surface area contributed by atoms with Gasteiger partial charge >= 0.3 is 0 Å². The molecule has 10 heteroatoms. The van der Waals surface area contributed by atoms with Crippen molar-refractivity contribution in [2.45, 2.75) is 138 Å². The molecule has 260 valence electrons. The SMILES string of the molecule is CC(C)C(N)C(=O)N1CCCC1C(=O)CC(C(=O)N1CCCC1C(=O)NC(C(=O)C1CCCC1C(=O)C(C)(C)C)C(C)C)C(C)C. The van der Waals surface area contributed by atoms with Crippen molar-refractivity contribution in [1.82, 2.24) is 15.1 Å². The first kappa shape index (κ1) is 37.8. The molecule has 3 aliphatic rings. The highest BCUT2D eigenvalue weighted by Gasteiger charge is 2.46. The number of carbonyl (C=O) groups excluding carboxylic acids is 6. The summed E-state index contributed by atoms with van der Waals surface area (Å²) in [6.45, 7) is 17.9. The lowest BCUT2D eigenvalue weighted by molar-refractivity contribution is -0.146. The van der Waals surface area contributed by atoms with Crippen LogP contribution in [0.15, 0.2) is 0 Å². The molecule has 0 aromatic rings. The van der Waals surface area contributed by atoms with Crippen LogP contribution in [0.4, 0.5) is 0 Å². The molecule has 0 spiro atoms. The smallest absolute Gasteiger partial charge is 0.243 e. The average molecular weight is 645 g/mol. The minimum Gasteiger partial charge on any atom is -0.344 e. The van der Waals surface area contributed by atoms with Gasteiger partial charge in [0, 0.05) is 42.7 Å². The van der Waals surface area contributed by atoms with E-state index in [4.69, 9.17) is 5.73 Å². The molecule has 0 bridgehead atoms. The molecule has 1 aliphatic carbocycles. The second-order valence-corrected chi connectivity index (χ2v) is 16.1. The summed E-state index contributed by atoms with van der Waals surface area (Å²) in [5.41, 5.74) is 5.59. The van der Waals surface area contributed by atoms with Crippen molar-refractivity contribution in [3.63, 3.8) is 0 Å². The monoisotopic (exact) mass is 644 g/mol. The number of nitrogens with two attached hydrogens (primary N) is 1. The maximum absolute atomic E-state index is 14.0. The number of likely N-dealkylation sites (tertiary alicyclic amines) is 2. The summed E-state index contributed by atoms with van der Waals surface area (Å²) in [6.07, 6.45) is 4.50. The van der Waals surface area contributed by atoms with E-state index in [1.165, 1.54) is 0 Å². The summed E-state index contributed by atoms with van der Waals surface area (Å²) in [7, 11) is 0. The first-order chi connectivity index (χ1) is 21.4. The number of Topliss-reactive ketones (excluding diaryl/α,β-unsaturated/α-hetero) is 3. The minimum absolute atomic E-state index is 0.00924. The molecule has 3 fully saturated rings. The Morgan fingerprint density at radius 1 is 0.717 bits per heavy atom. The maximum Gasteiger partial charge on any atom is 0.243 e. The van der Waals surface area contributed by atoms with E-state index in [2.05, 4.69) is 5.32 Å². The van der Waals surface area contributed by atoms with E-state index in [0.717, 1.165) is 6.42 Å². The number of carbonyl (C=O) groups is 6. The lowest BCUT2D eigenvalue weighted by Crippen LogP contribution is -2.55. The van der Waals surface area contributed by atoms with Crippen molar-refractivity contribution in [1.29, 1.82) is 0 Å². The number of rotatable bonds is 13. The van der Waals surface area contributed by atoms with Gasteiger partial charge in [-0.15, -0.1) is 0 Å². The largest absolute Gasteiger partial charge is 0.344 e. The van der Waals surface area contributed by atoms with Gasteiger partial charge in [-0.2, -0.15) is 0 Å². The van der Waals surface area contributed by atoms with Gasteiger partial charge < -0.3 is 20.9 Å². The fourth-order valence-corrected chi connectivity index (χ4v) is 7.54. The van der Waals surface area contributed by atoms with E-state index in [1.807, 2.05) is 62.3 Å². The number of hydrogen-bond donors (Lipinski definition) is 2. The molecule has 46 heavy (non-hydrogen) atoms. The van der Waals surface area contributed by atoms with Crippen LogP contribution in [0.25, 0.3) is 0 Å². The zero-order chi connectivity index (χ0) is 34.7. The molecule has 2 heterocycles. The highest BCUT2D eigenvalue weighted by Crippen LogP contribution is 2.39. The Balaban J connectivity index is 1.73. The normalized spacial score (nSPS) is 25.7. The number of amides is 3. The maximum atomic E-state index is 14.0. The van der Waals surface area contributed by atoms with Gasteiger partial charge in [-0.05, 0) is 56.3 Å². The second-order valence-electron chi connectivity index (χ2n) is 16.1. The fraction of sp³-hybridized carbons (Fsp3) is 0.833. The lowest BCUT2D eigenvalue weighted by Gasteiger charge is -2.33. The van der Waals surface area contributed by atoms with E-state index in [1.54, 1.807) is 9.80 Å². The summed E-state index contributed by atoms with van der Waals surface area (Å²) < 4.78 is 0. The molecule has 7 unspecified atom stereocenters. The first-order valence-corrected chi connectivity index (χ1v) is 17.7. The summed E-state index contributed by atoms with van der Waals surface area (Å²) in [5.74, 6) is -2.78. The van der Waals surface area contributed by atoms with Gasteiger partial charge in [0.1, 0.15) is 11.8 Å². The van der Waals surface area contributed by atoms with Crippen LogP contribution < -0.4 is 11.1 Å². The Labute approximate surface area is 276 Å². The third-order valence-corrected chi connectivity index (χ3v) is 10.5. The van der Waals surface area contributed by atoms with Crippen LogP contribution in [-0.2, 0) is 28.8 Å². The minimum atomic E-state index is -0.756. The van der Waals surface area contributed by atoms with Crippen molar-refractivity contribution < 1.29 is 28.8 Å². The molecule has 0 aromatic heterocycles. The van der Waals surface area contributed by atoms with Gasteiger partial charge in [0.2, 0.25) is 17.7 Å². The second kappa shape index (κ2) is 15.5. The van der Waals surface area contributed by atoms with Gasteiger partial charge in [-0.3, -0.25) is 28.8 Å². The number of hydrogen-bond acceptors (Lipinski definition) is 7. The topological polar surface area (TPSA) is 147 Å². The third-order valence-electron chi connectivity index (χ3n) is 10.5. The Bertz CT molecular complexity index is 1160. The van der Waals surface area contributed by atoms with E-state index < -0.39 is 41.4 Å². The summed E-state index contributed by atoms with van der Waals surface area (Å²) in [4.78, 5) is 84.7. The van der Waals surface area contributed by atoms with Gasteiger partial charge in [0.25, 0.3) is 0 Å². The van der Waals surface area contributed by atoms with Crippen LogP contribution in [0.3, 0.4) is 0 Å². The van der Waals surface area contributed by atoms with Crippen molar-refractivity contribution in [2.75, 3.05) is 13.1 Å². The summed E-state index contributed by atoms with van der Waals surface area (Å²) >= 11 is 0. The predicted molar refractivity (Wildman–Crippen MR) is 177 cm³/mol. The summed E-state index contributed by atoms with van der Waals surface area (Å²) in [6, 6.07) is -2.76. The van der Waals surface area contributed by atoms with Crippen LogP contribution in [0.2, 0.25) is 0 Å². The van der Waals surface area contributed by atoms with Gasteiger partial charge in [0.05, 0.1) is 18.1 Å². The first-order valence-electron chi connectivity index (χ1n) is 17.7. The molecule has 2 aliphatic heterocycles. The Morgan fingerprint density at radius 2 is 1.26 bits per heavy atom. The third kappa shape index (κ3) is 8.45. The highest BCUT2D eigenvalue weighted by atomic mass is 16.2. The number of nitrogens with zero attached hydrogens (tertiary/aromatic N) is 2. The predicted octanol–water partition coefficient (Wildman–Crippen LogP) is 3.92. The molecule has 7 atom stereocenters. The standard InChI is InChI=1S/C36H60N4O6/c1-20(2)25(19-28(41)26-15-11-17-39(26)35(46)29(37)21(3)4)34(45)40-18-12-16-27(40)33(44)38-30(22(5)6)31(42)23-13-10-14-24(23)32(43)36(7,8)9/h20-27,29-30H,10-19,37H2,1-9H3,(H,38,44). The zero-order valence-corrected chi connectivity index (χ0v) is 29.8. The molecule has 3 rings (SSSR count). The van der Waals surface area contributed by atoms with E-state index in [0.29, 0.717) is 51.6 Å². The Morgan fingerprint density at radius 3 is 1.78 bits per heavy atom. The van der Waals surface area contributed by atoms with Gasteiger partial charge in [-0.25, -0.2) is 0 Å². The number of ketones is 3. The van der Waals surface area contributed by atoms with E-state index in [9.17, 15) is 28.8 Å². The van der Waals surface area contributed by atoms with Crippen LogP contribution in [0.1, 0.15) is 114 Å².